The van der Waals surface area contributed by atoms with Crippen LogP contribution < -0.4 is 10.5 Å². The lowest BCUT2D eigenvalue weighted by molar-refractivity contribution is 0.390. The molecule has 0 bridgehead atoms. The van der Waals surface area contributed by atoms with Gasteiger partial charge in [0.15, 0.2) is 0 Å². The molecule has 1 aliphatic rings. The van der Waals surface area contributed by atoms with Crippen LogP contribution in [0.4, 0.5) is 5.69 Å². The van der Waals surface area contributed by atoms with Gasteiger partial charge in [0.2, 0.25) is 10.0 Å². The van der Waals surface area contributed by atoms with E-state index in [4.69, 9.17) is 10.5 Å². The Hall–Kier alpha value is -1.27. The molecule has 0 heterocycles. The van der Waals surface area contributed by atoms with Crippen LogP contribution in [0, 0.1) is 6.92 Å². The van der Waals surface area contributed by atoms with Gasteiger partial charge in [-0.15, -0.1) is 0 Å². The Balaban J connectivity index is 2.53. The Morgan fingerprint density at radius 3 is 2.53 bits per heavy atom. The minimum absolute atomic E-state index is 0.127. The average Bonchev–Trinajstić information content (AvgIpc) is 3.17. The summed E-state index contributed by atoms with van der Waals surface area (Å²) in [5.41, 5.74) is 7.11. The van der Waals surface area contributed by atoms with Gasteiger partial charge in [-0.3, -0.25) is 0 Å². The maximum absolute atomic E-state index is 12.7. The van der Waals surface area contributed by atoms with Crippen molar-refractivity contribution < 1.29 is 13.2 Å². The Morgan fingerprint density at radius 1 is 1.42 bits per heavy atom. The van der Waals surface area contributed by atoms with Crippen LogP contribution in [-0.4, -0.2) is 32.4 Å². The quantitative estimate of drug-likeness (QED) is 0.836. The van der Waals surface area contributed by atoms with Gasteiger partial charge in [-0.25, -0.2) is 8.42 Å². The molecule has 19 heavy (non-hydrogen) atoms. The number of methoxy groups -OCH3 is 1. The topological polar surface area (TPSA) is 72.6 Å². The minimum atomic E-state index is -3.54. The third kappa shape index (κ3) is 2.55. The third-order valence-electron chi connectivity index (χ3n) is 3.40. The molecule has 1 aromatic rings. The molecule has 106 valence electrons. The number of nitrogens with two attached hydrogens (primary N) is 1. The molecule has 0 spiro atoms. The molecule has 5 nitrogen and oxygen atoms in total. The van der Waals surface area contributed by atoms with E-state index in [1.54, 1.807) is 6.07 Å². The number of sulfonamides is 1. The number of aryl methyl sites for hydroxylation is 1. The fourth-order valence-corrected chi connectivity index (χ4v) is 4.02. The van der Waals surface area contributed by atoms with Crippen LogP contribution in [0.2, 0.25) is 0 Å². The third-order valence-corrected chi connectivity index (χ3v) is 5.45. The van der Waals surface area contributed by atoms with E-state index in [-0.39, 0.29) is 10.9 Å². The summed E-state index contributed by atoms with van der Waals surface area (Å²) >= 11 is 0. The van der Waals surface area contributed by atoms with Gasteiger partial charge < -0.3 is 10.5 Å². The van der Waals surface area contributed by atoms with Crippen LogP contribution in [-0.2, 0) is 10.0 Å². The normalized spacial score (nSPS) is 15.8. The second-order valence-corrected chi connectivity index (χ2v) is 6.66. The number of benzene rings is 1. The van der Waals surface area contributed by atoms with Crippen molar-refractivity contribution in [1.29, 1.82) is 0 Å². The molecular formula is C13H20N2O3S. The predicted octanol–water partition coefficient (Wildman–Crippen LogP) is 1.76. The van der Waals surface area contributed by atoms with E-state index in [0.29, 0.717) is 18.0 Å². The number of rotatable bonds is 5. The Kier molecular flexibility index (Phi) is 3.73. The van der Waals surface area contributed by atoms with Gasteiger partial charge in [-0.1, -0.05) is 6.92 Å². The summed E-state index contributed by atoms with van der Waals surface area (Å²) in [5.74, 6) is 0.353. The molecule has 0 saturated heterocycles. The van der Waals surface area contributed by atoms with E-state index in [2.05, 4.69) is 0 Å². The average molecular weight is 284 g/mol. The first-order valence-corrected chi connectivity index (χ1v) is 7.81. The van der Waals surface area contributed by atoms with Crippen molar-refractivity contribution in [1.82, 2.24) is 4.31 Å². The highest BCUT2D eigenvalue weighted by Crippen LogP contribution is 2.36. The number of nitrogens with zero attached hydrogens (tertiary/aromatic N) is 1. The van der Waals surface area contributed by atoms with E-state index >= 15 is 0 Å². The van der Waals surface area contributed by atoms with Gasteiger partial charge in [-0.2, -0.15) is 4.31 Å². The molecule has 0 amide bonds. The van der Waals surface area contributed by atoms with E-state index in [0.717, 1.165) is 18.4 Å². The standard InChI is InChI=1S/C13H20N2O3S/c1-4-15(10-5-6-10)19(16,17)13-8-11(14)9(2)7-12(13)18-3/h7-8,10H,4-6,14H2,1-3H3. The van der Waals surface area contributed by atoms with Crippen LogP contribution in [0.1, 0.15) is 25.3 Å². The number of nitrogen functional groups attached to an aromatic ring is 1. The van der Waals surface area contributed by atoms with E-state index in [1.165, 1.54) is 17.5 Å². The number of hydrogen-bond donors (Lipinski definition) is 1. The summed E-state index contributed by atoms with van der Waals surface area (Å²) in [4.78, 5) is 0.159. The van der Waals surface area contributed by atoms with Crippen LogP contribution in [0.5, 0.6) is 5.75 Å². The summed E-state index contributed by atoms with van der Waals surface area (Å²) < 4.78 is 32.1. The van der Waals surface area contributed by atoms with Crippen molar-refractivity contribution in [3.63, 3.8) is 0 Å². The van der Waals surface area contributed by atoms with Crippen molar-refractivity contribution >= 4 is 15.7 Å². The zero-order valence-electron chi connectivity index (χ0n) is 11.5. The van der Waals surface area contributed by atoms with Gasteiger partial charge in [0, 0.05) is 18.3 Å². The maximum Gasteiger partial charge on any atom is 0.247 e. The lowest BCUT2D eigenvalue weighted by Gasteiger charge is -2.22. The first-order chi connectivity index (χ1) is 8.91. The molecule has 0 radical (unpaired) electrons. The summed E-state index contributed by atoms with van der Waals surface area (Å²) in [6.45, 7) is 4.14. The van der Waals surface area contributed by atoms with E-state index < -0.39 is 10.0 Å². The highest BCUT2D eigenvalue weighted by molar-refractivity contribution is 7.89. The van der Waals surface area contributed by atoms with E-state index in [1.807, 2.05) is 13.8 Å². The number of hydrogen-bond acceptors (Lipinski definition) is 4. The highest BCUT2D eigenvalue weighted by Gasteiger charge is 2.38. The zero-order chi connectivity index (χ0) is 14.2. The van der Waals surface area contributed by atoms with Crippen molar-refractivity contribution in [2.45, 2.75) is 37.6 Å². The minimum Gasteiger partial charge on any atom is -0.495 e. The monoisotopic (exact) mass is 284 g/mol. The number of ether oxygens (including phenoxy) is 1. The second kappa shape index (κ2) is 5.02. The molecule has 0 atom stereocenters. The van der Waals surface area contributed by atoms with Gasteiger partial charge in [0.05, 0.1) is 7.11 Å². The first-order valence-electron chi connectivity index (χ1n) is 6.37. The summed E-state index contributed by atoms with van der Waals surface area (Å²) in [7, 11) is -2.07. The van der Waals surface area contributed by atoms with Crippen LogP contribution in [0.15, 0.2) is 17.0 Å². The Bertz CT molecular complexity index is 580. The lowest BCUT2D eigenvalue weighted by atomic mass is 10.2. The van der Waals surface area contributed by atoms with E-state index in [9.17, 15) is 8.42 Å². The van der Waals surface area contributed by atoms with Gasteiger partial charge in [0.25, 0.3) is 0 Å². The molecule has 0 aliphatic heterocycles. The molecule has 0 unspecified atom stereocenters. The van der Waals surface area contributed by atoms with Crippen LogP contribution in [0.3, 0.4) is 0 Å². The molecule has 2 N–H and O–H groups in total. The second-order valence-electron chi connectivity index (χ2n) is 4.80. The molecule has 1 aliphatic carbocycles. The van der Waals surface area contributed by atoms with Crippen molar-refractivity contribution in [2.24, 2.45) is 0 Å². The molecular weight excluding hydrogens is 264 g/mol. The lowest BCUT2D eigenvalue weighted by Crippen LogP contribution is -2.33. The highest BCUT2D eigenvalue weighted by atomic mass is 32.2. The predicted molar refractivity (Wildman–Crippen MR) is 74.7 cm³/mol. The molecule has 1 aromatic carbocycles. The van der Waals surface area contributed by atoms with Crippen LogP contribution >= 0.6 is 0 Å². The SMILES string of the molecule is CCN(C1CC1)S(=O)(=O)c1cc(N)c(C)cc1OC. The molecule has 2 rings (SSSR count). The molecule has 1 fully saturated rings. The largest absolute Gasteiger partial charge is 0.495 e. The van der Waals surface area contributed by atoms with Crippen molar-refractivity contribution in [3.05, 3.63) is 17.7 Å². The Labute approximate surface area is 114 Å². The fraction of sp³-hybridized carbons (Fsp3) is 0.538. The number of anilines is 1. The summed E-state index contributed by atoms with van der Waals surface area (Å²) in [6.07, 6.45) is 1.85. The Morgan fingerprint density at radius 2 is 2.05 bits per heavy atom. The van der Waals surface area contributed by atoms with Gasteiger partial charge in [0.1, 0.15) is 10.6 Å². The fourth-order valence-electron chi connectivity index (χ4n) is 2.15. The zero-order valence-corrected chi connectivity index (χ0v) is 12.3. The smallest absolute Gasteiger partial charge is 0.247 e. The first kappa shape index (κ1) is 14.1. The molecule has 0 aromatic heterocycles. The molecule has 1 saturated carbocycles. The van der Waals surface area contributed by atoms with Gasteiger partial charge in [-0.05, 0) is 37.5 Å². The maximum atomic E-state index is 12.7. The van der Waals surface area contributed by atoms with Crippen LogP contribution in [0.25, 0.3) is 0 Å². The van der Waals surface area contributed by atoms with Gasteiger partial charge >= 0.3 is 0 Å². The summed E-state index contributed by atoms with van der Waals surface area (Å²) in [5, 5.41) is 0. The summed E-state index contributed by atoms with van der Waals surface area (Å²) in [6, 6.07) is 3.29. The van der Waals surface area contributed by atoms with Crippen molar-refractivity contribution in [2.75, 3.05) is 19.4 Å². The molecule has 6 heteroatoms. The van der Waals surface area contributed by atoms with Crippen molar-refractivity contribution in [3.8, 4) is 5.75 Å².